The number of carboxylic acid groups (broad SMARTS) is 1. The van der Waals surface area contributed by atoms with Crippen molar-refractivity contribution in [1.29, 1.82) is 0 Å². The molecule has 1 saturated carbocycles. The molecule has 1 rings (SSSR count). The summed E-state index contributed by atoms with van der Waals surface area (Å²) in [5.74, 6) is 0.453. The highest BCUT2D eigenvalue weighted by molar-refractivity contribution is 5.67. The molecule has 0 aliphatic heterocycles. The van der Waals surface area contributed by atoms with E-state index in [-0.39, 0.29) is 12.5 Å². The maximum absolute atomic E-state index is 10.4. The lowest BCUT2D eigenvalue weighted by molar-refractivity contribution is -0.137. The summed E-state index contributed by atoms with van der Waals surface area (Å²) in [7, 11) is 0. The largest absolute Gasteiger partial charge is 0.481 e. The van der Waals surface area contributed by atoms with Gasteiger partial charge >= 0.3 is 5.97 Å². The average molecular weight is 199 g/mol. The van der Waals surface area contributed by atoms with Gasteiger partial charge in [0.05, 0.1) is 6.42 Å². The second-order valence-electron chi connectivity index (χ2n) is 4.61. The molecule has 3 N–H and O–H groups in total. The number of rotatable bonds is 6. The molecule has 0 aromatic carbocycles. The molecule has 0 spiro atoms. The van der Waals surface area contributed by atoms with Gasteiger partial charge in [-0.25, -0.2) is 0 Å². The highest BCUT2D eigenvalue weighted by atomic mass is 16.4. The van der Waals surface area contributed by atoms with E-state index in [1.54, 1.807) is 0 Å². The van der Waals surface area contributed by atoms with Gasteiger partial charge in [0.2, 0.25) is 0 Å². The predicted molar refractivity (Wildman–Crippen MR) is 56.0 cm³/mol. The van der Waals surface area contributed by atoms with Crippen LogP contribution >= 0.6 is 0 Å². The fourth-order valence-electron chi connectivity index (χ4n) is 1.90. The van der Waals surface area contributed by atoms with Gasteiger partial charge in [-0.15, -0.1) is 0 Å². The van der Waals surface area contributed by atoms with Gasteiger partial charge in [0.25, 0.3) is 0 Å². The van der Waals surface area contributed by atoms with Crippen molar-refractivity contribution >= 4 is 5.97 Å². The third-order valence-corrected chi connectivity index (χ3v) is 3.40. The highest BCUT2D eigenvalue weighted by Gasteiger charge is 2.21. The lowest BCUT2D eigenvalue weighted by Crippen LogP contribution is -2.31. The van der Waals surface area contributed by atoms with E-state index in [2.05, 4.69) is 6.92 Å². The first-order valence-corrected chi connectivity index (χ1v) is 5.57. The van der Waals surface area contributed by atoms with Crippen molar-refractivity contribution in [2.45, 2.75) is 51.5 Å². The van der Waals surface area contributed by atoms with Crippen LogP contribution in [0.5, 0.6) is 0 Å². The summed E-state index contributed by atoms with van der Waals surface area (Å²) >= 11 is 0. The SMILES string of the molecule is C[C@H](CCC1CCC1)[C@H](N)CC(=O)O. The Morgan fingerprint density at radius 3 is 2.64 bits per heavy atom. The predicted octanol–water partition coefficient (Wildman–Crippen LogP) is 2.00. The van der Waals surface area contributed by atoms with Crippen molar-refractivity contribution in [3.8, 4) is 0 Å². The van der Waals surface area contributed by atoms with E-state index in [0.29, 0.717) is 5.92 Å². The number of hydrogen-bond donors (Lipinski definition) is 2. The summed E-state index contributed by atoms with van der Waals surface area (Å²) < 4.78 is 0. The van der Waals surface area contributed by atoms with Gasteiger partial charge in [-0.3, -0.25) is 4.79 Å². The van der Waals surface area contributed by atoms with Gasteiger partial charge < -0.3 is 10.8 Å². The Labute approximate surface area is 85.7 Å². The van der Waals surface area contributed by atoms with Gasteiger partial charge in [0.15, 0.2) is 0 Å². The molecule has 3 heteroatoms. The molecule has 0 aromatic rings. The van der Waals surface area contributed by atoms with Crippen LogP contribution < -0.4 is 5.73 Å². The smallest absolute Gasteiger partial charge is 0.304 e. The minimum Gasteiger partial charge on any atom is -0.481 e. The summed E-state index contributed by atoms with van der Waals surface area (Å²) in [5, 5.41) is 8.59. The molecule has 14 heavy (non-hydrogen) atoms. The summed E-state index contributed by atoms with van der Waals surface area (Å²) in [6.45, 7) is 2.06. The van der Waals surface area contributed by atoms with Crippen LogP contribution in [0.3, 0.4) is 0 Å². The van der Waals surface area contributed by atoms with Crippen molar-refractivity contribution in [2.24, 2.45) is 17.6 Å². The zero-order valence-electron chi connectivity index (χ0n) is 8.91. The third-order valence-electron chi connectivity index (χ3n) is 3.40. The van der Waals surface area contributed by atoms with Crippen LogP contribution in [0.2, 0.25) is 0 Å². The van der Waals surface area contributed by atoms with E-state index in [1.165, 1.54) is 25.7 Å². The molecule has 0 heterocycles. The molecule has 1 aliphatic carbocycles. The van der Waals surface area contributed by atoms with Crippen molar-refractivity contribution < 1.29 is 9.90 Å². The molecule has 0 bridgehead atoms. The average Bonchev–Trinajstić information content (AvgIpc) is 1.99. The number of hydrogen-bond acceptors (Lipinski definition) is 2. The van der Waals surface area contributed by atoms with Gasteiger partial charge in [0.1, 0.15) is 0 Å². The Balaban J connectivity index is 2.12. The Hall–Kier alpha value is -0.570. The van der Waals surface area contributed by atoms with E-state index in [1.807, 2.05) is 0 Å². The second kappa shape index (κ2) is 5.35. The standard InChI is InChI=1S/C11H21NO2/c1-8(10(12)7-11(13)14)5-6-9-3-2-4-9/h8-10H,2-7,12H2,1H3,(H,13,14)/t8-,10-/m1/s1. The Kier molecular flexibility index (Phi) is 4.39. The normalized spacial score (nSPS) is 21.3. The van der Waals surface area contributed by atoms with Crippen LogP contribution in [-0.4, -0.2) is 17.1 Å². The van der Waals surface area contributed by atoms with Gasteiger partial charge in [-0.2, -0.15) is 0 Å². The molecular formula is C11H21NO2. The molecular weight excluding hydrogens is 178 g/mol. The molecule has 2 atom stereocenters. The fourth-order valence-corrected chi connectivity index (χ4v) is 1.90. The number of carbonyl (C=O) groups is 1. The van der Waals surface area contributed by atoms with Crippen molar-refractivity contribution in [3.63, 3.8) is 0 Å². The monoisotopic (exact) mass is 199 g/mol. The summed E-state index contributed by atoms with van der Waals surface area (Å²) in [4.78, 5) is 10.4. The van der Waals surface area contributed by atoms with E-state index >= 15 is 0 Å². The molecule has 0 unspecified atom stereocenters. The summed E-state index contributed by atoms with van der Waals surface area (Å²) in [6, 6.07) is -0.174. The number of aliphatic carboxylic acids is 1. The minimum absolute atomic E-state index is 0.103. The van der Waals surface area contributed by atoms with Gasteiger partial charge in [-0.1, -0.05) is 32.6 Å². The lowest BCUT2D eigenvalue weighted by Gasteiger charge is -2.27. The molecule has 0 aromatic heterocycles. The molecule has 0 radical (unpaired) electrons. The maximum Gasteiger partial charge on any atom is 0.304 e. The molecule has 1 fully saturated rings. The van der Waals surface area contributed by atoms with Crippen molar-refractivity contribution in [3.05, 3.63) is 0 Å². The first-order valence-electron chi connectivity index (χ1n) is 5.57. The van der Waals surface area contributed by atoms with E-state index in [4.69, 9.17) is 10.8 Å². The summed E-state index contributed by atoms with van der Waals surface area (Å²) in [6.07, 6.45) is 6.52. The van der Waals surface area contributed by atoms with Crippen LogP contribution in [-0.2, 0) is 4.79 Å². The Morgan fingerprint density at radius 2 is 2.21 bits per heavy atom. The second-order valence-corrected chi connectivity index (χ2v) is 4.61. The third kappa shape index (κ3) is 3.66. The molecule has 1 aliphatic rings. The zero-order chi connectivity index (χ0) is 10.6. The topological polar surface area (TPSA) is 63.3 Å². The van der Waals surface area contributed by atoms with E-state index in [0.717, 1.165) is 12.3 Å². The zero-order valence-corrected chi connectivity index (χ0v) is 8.91. The molecule has 0 saturated heterocycles. The van der Waals surface area contributed by atoms with Crippen LogP contribution in [0.15, 0.2) is 0 Å². The van der Waals surface area contributed by atoms with Crippen molar-refractivity contribution in [1.82, 2.24) is 0 Å². The van der Waals surface area contributed by atoms with Crippen LogP contribution in [0.4, 0.5) is 0 Å². The van der Waals surface area contributed by atoms with Gasteiger partial charge in [-0.05, 0) is 18.3 Å². The van der Waals surface area contributed by atoms with Crippen LogP contribution in [0.25, 0.3) is 0 Å². The number of carboxylic acids is 1. The first kappa shape index (κ1) is 11.5. The number of nitrogens with two attached hydrogens (primary N) is 1. The molecule has 82 valence electrons. The maximum atomic E-state index is 10.4. The fraction of sp³-hybridized carbons (Fsp3) is 0.909. The molecule has 3 nitrogen and oxygen atoms in total. The van der Waals surface area contributed by atoms with Crippen LogP contribution in [0, 0.1) is 11.8 Å². The minimum atomic E-state index is -0.784. The highest BCUT2D eigenvalue weighted by Crippen LogP contribution is 2.32. The lowest BCUT2D eigenvalue weighted by atomic mass is 9.79. The Morgan fingerprint density at radius 1 is 1.57 bits per heavy atom. The first-order chi connectivity index (χ1) is 6.59. The van der Waals surface area contributed by atoms with Gasteiger partial charge in [0, 0.05) is 6.04 Å². The quantitative estimate of drug-likeness (QED) is 0.687. The van der Waals surface area contributed by atoms with Crippen LogP contribution in [0.1, 0.15) is 45.4 Å². The Bertz CT molecular complexity index is 190. The van der Waals surface area contributed by atoms with E-state index in [9.17, 15) is 4.79 Å². The van der Waals surface area contributed by atoms with Crippen molar-refractivity contribution in [2.75, 3.05) is 0 Å². The molecule has 0 amide bonds. The van der Waals surface area contributed by atoms with E-state index < -0.39 is 5.97 Å². The summed E-state index contributed by atoms with van der Waals surface area (Å²) in [5.41, 5.74) is 5.78.